The number of fused-ring (bicyclic) bond motifs is 2. The van der Waals surface area contributed by atoms with Crippen LogP contribution in [0.25, 0.3) is 16.6 Å². The first-order valence-electron chi connectivity index (χ1n) is 11.5. The van der Waals surface area contributed by atoms with Gasteiger partial charge < -0.3 is 15.5 Å². The molecule has 0 aliphatic carbocycles. The fourth-order valence-electron chi connectivity index (χ4n) is 5.31. The average Bonchev–Trinajstić information content (AvgIpc) is 2.83. The molecule has 0 saturated carbocycles. The van der Waals surface area contributed by atoms with Gasteiger partial charge in [-0.05, 0) is 30.3 Å². The predicted octanol–water partition coefficient (Wildman–Crippen LogP) is 0.886. The number of primary amides is 1. The molecule has 0 atom stereocenters. The van der Waals surface area contributed by atoms with Crippen LogP contribution in [0.4, 0.5) is 0 Å². The molecule has 3 N–H and O–H groups in total. The third kappa shape index (κ3) is 4.09. The molecule has 8 nitrogen and oxygen atoms in total. The number of quaternary nitrogens is 1. The van der Waals surface area contributed by atoms with Gasteiger partial charge in [-0.15, -0.1) is 0 Å². The molecular formula is C24H27ClN5O3+. The maximum atomic E-state index is 13.4. The predicted molar refractivity (Wildman–Crippen MR) is 126 cm³/mol. The lowest BCUT2D eigenvalue weighted by atomic mass is 9.93. The van der Waals surface area contributed by atoms with Crippen LogP contribution >= 0.6 is 11.6 Å². The first-order chi connectivity index (χ1) is 15.9. The van der Waals surface area contributed by atoms with E-state index in [-0.39, 0.29) is 23.3 Å². The van der Waals surface area contributed by atoms with Gasteiger partial charge in [0.15, 0.2) is 5.65 Å². The van der Waals surface area contributed by atoms with Crippen LogP contribution in [0.15, 0.2) is 41.3 Å². The van der Waals surface area contributed by atoms with Gasteiger partial charge in [0.05, 0.1) is 35.6 Å². The number of halogens is 1. The maximum absolute atomic E-state index is 13.4. The molecule has 2 fully saturated rings. The lowest BCUT2D eigenvalue weighted by Crippen LogP contribution is -3.17. The average molecular weight is 469 g/mol. The van der Waals surface area contributed by atoms with Crippen LogP contribution in [-0.2, 0) is 4.79 Å². The highest BCUT2D eigenvalue weighted by Crippen LogP contribution is 2.20. The number of benzene rings is 1. The number of carbonyl (C=O) groups excluding carboxylic acids is 2. The van der Waals surface area contributed by atoms with E-state index in [0.717, 1.165) is 38.8 Å². The van der Waals surface area contributed by atoms with E-state index in [1.165, 1.54) is 9.30 Å². The van der Waals surface area contributed by atoms with Crippen molar-refractivity contribution < 1.29 is 14.5 Å². The summed E-state index contributed by atoms with van der Waals surface area (Å²) in [6.45, 7) is 3.24. The van der Waals surface area contributed by atoms with Crippen molar-refractivity contribution in [1.82, 2.24) is 14.3 Å². The van der Waals surface area contributed by atoms with Gasteiger partial charge in [0.2, 0.25) is 5.91 Å². The van der Waals surface area contributed by atoms with Crippen molar-refractivity contribution >= 4 is 40.0 Å². The van der Waals surface area contributed by atoms with Crippen molar-refractivity contribution in [3.05, 3.63) is 57.5 Å². The highest BCUT2D eigenvalue weighted by molar-refractivity contribution is 6.31. The summed E-state index contributed by atoms with van der Waals surface area (Å²) in [5.74, 6) is -0.293. The lowest BCUT2D eigenvalue weighted by Gasteiger charge is -2.38. The van der Waals surface area contributed by atoms with Crippen LogP contribution in [0.1, 0.15) is 36.0 Å². The van der Waals surface area contributed by atoms with Crippen LogP contribution < -0.4 is 16.2 Å². The fourth-order valence-corrected chi connectivity index (χ4v) is 5.48. The minimum atomic E-state index is -0.219. The molecule has 2 aromatic heterocycles. The Morgan fingerprint density at radius 3 is 2.52 bits per heavy atom. The molecule has 4 heterocycles. The number of aromatic nitrogens is 2. The quantitative estimate of drug-likeness (QED) is 0.557. The van der Waals surface area contributed by atoms with Gasteiger partial charge in [-0.25, -0.2) is 4.98 Å². The van der Waals surface area contributed by atoms with Crippen molar-refractivity contribution in [3.63, 3.8) is 0 Å². The molecule has 5 rings (SSSR count). The zero-order valence-electron chi connectivity index (χ0n) is 18.3. The summed E-state index contributed by atoms with van der Waals surface area (Å²) >= 11 is 6.10. The highest BCUT2D eigenvalue weighted by Gasteiger charge is 2.34. The standard InChI is InChI=1S/C24H26ClN5O3/c25-16-3-4-18-20(14-16)27-22-19(2-1-9-30(22)24(18)33)23(32)29-12-7-17(8-13-29)28-10-5-15(6-11-28)21(26)31/h1-4,9,14-15,17H,5-8,10-13H2,(H2,26,31)/p+1. The second-order valence-electron chi connectivity index (χ2n) is 9.10. The molecule has 172 valence electrons. The fraction of sp³-hybridized carbons (Fsp3) is 0.417. The van der Waals surface area contributed by atoms with Crippen LogP contribution in [0, 0.1) is 5.92 Å². The van der Waals surface area contributed by atoms with Gasteiger partial charge in [-0.2, -0.15) is 0 Å². The molecule has 2 amide bonds. The van der Waals surface area contributed by atoms with E-state index in [1.54, 1.807) is 36.5 Å². The Kier molecular flexibility index (Phi) is 5.80. The SMILES string of the molecule is NC(=O)C1CC[NH+](C2CCN(C(=O)c3cccn4c(=O)c5ccc(Cl)cc5nc34)CC2)CC1. The largest absolute Gasteiger partial charge is 0.369 e. The monoisotopic (exact) mass is 468 g/mol. The first kappa shape index (κ1) is 21.9. The smallest absolute Gasteiger partial charge is 0.265 e. The molecule has 1 aromatic carbocycles. The van der Waals surface area contributed by atoms with Crippen molar-refractivity contribution in [1.29, 1.82) is 0 Å². The highest BCUT2D eigenvalue weighted by atomic mass is 35.5. The van der Waals surface area contributed by atoms with Gasteiger partial charge >= 0.3 is 0 Å². The number of hydrogen-bond donors (Lipinski definition) is 2. The number of pyridine rings is 1. The van der Waals surface area contributed by atoms with E-state index in [0.29, 0.717) is 46.3 Å². The summed E-state index contributed by atoms with van der Waals surface area (Å²) in [6, 6.07) is 8.90. The van der Waals surface area contributed by atoms with Crippen LogP contribution in [-0.4, -0.2) is 58.3 Å². The number of carbonyl (C=O) groups is 2. The maximum Gasteiger partial charge on any atom is 0.265 e. The Morgan fingerprint density at radius 1 is 1.09 bits per heavy atom. The minimum absolute atomic E-state index is 0.00338. The summed E-state index contributed by atoms with van der Waals surface area (Å²) < 4.78 is 1.43. The number of nitrogens with two attached hydrogens (primary N) is 1. The van der Waals surface area contributed by atoms with Gasteiger partial charge in [-0.3, -0.25) is 18.8 Å². The lowest BCUT2D eigenvalue weighted by molar-refractivity contribution is -0.932. The number of amides is 2. The van der Waals surface area contributed by atoms with Gasteiger partial charge in [0, 0.05) is 55.9 Å². The normalized spacial score (nSPS) is 22.0. The van der Waals surface area contributed by atoms with Gasteiger partial charge in [-0.1, -0.05) is 11.6 Å². The zero-order valence-corrected chi connectivity index (χ0v) is 19.1. The van der Waals surface area contributed by atoms with Crippen LogP contribution in [0.3, 0.4) is 0 Å². The molecule has 0 unspecified atom stereocenters. The Hall–Kier alpha value is -2.97. The minimum Gasteiger partial charge on any atom is -0.369 e. The summed E-state index contributed by atoms with van der Waals surface area (Å²) in [5.41, 5.74) is 6.49. The van der Waals surface area contributed by atoms with Crippen molar-refractivity contribution in [2.24, 2.45) is 11.7 Å². The summed E-state index contributed by atoms with van der Waals surface area (Å²) in [7, 11) is 0. The number of rotatable bonds is 3. The first-order valence-corrected chi connectivity index (χ1v) is 11.8. The molecule has 0 bridgehead atoms. The van der Waals surface area contributed by atoms with E-state index in [2.05, 4.69) is 4.98 Å². The molecule has 33 heavy (non-hydrogen) atoms. The Balaban J connectivity index is 1.34. The second-order valence-corrected chi connectivity index (χ2v) is 9.53. The molecule has 2 aliphatic rings. The number of nitrogens with zero attached hydrogens (tertiary/aromatic N) is 3. The van der Waals surface area contributed by atoms with E-state index in [9.17, 15) is 14.4 Å². The zero-order chi connectivity index (χ0) is 23.1. The third-order valence-electron chi connectivity index (χ3n) is 7.22. The van der Waals surface area contributed by atoms with Gasteiger partial charge in [0.1, 0.15) is 0 Å². The number of likely N-dealkylation sites (tertiary alicyclic amines) is 2. The molecule has 9 heteroatoms. The van der Waals surface area contributed by atoms with E-state index < -0.39 is 0 Å². The Bertz CT molecular complexity index is 1290. The molecule has 2 saturated heterocycles. The molecule has 0 radical (unpaired) electrons. The van der Waals surface area contributed by atoms with Crippen LogP contribution in [0.5, 0.6) is 0 Å². The van der Waals surface area contributed by atoms with Gasteiger partial charge in [0.25, 0.3) is 11.5 Å². The Morgan fingerprint density at radius 2 is 1.82 bits per heavy atom. The summed E-state index contributed by atoms with van der Waals surface area (Å²) in [6.07, 6.45) is 5.16. The topological polar surface area (TPSA) is 102 Å². The molecule has 2 aliphatic heterocycles. The third-order valence-corrected chi connectivity index (χ3v) is 7.46. The number of hydrogen-bond acceptors (Lipinski definition) is 4. The molecular weight excluding hydrogens is 442 g/mol. The second kappa shape index (κ2) is 8.76. The summed E-state index contributed by atoms with van der Waals surface area (Å²) in [5, 5.41) is 0.956. The van der Waals surface area contributed by atoms with E-state index >= 15 is 0 Å². The van der Waals surface area contributed by atoms with Crippen molar-refractivity contribution in [2.45, 2.75) is 31.7 Å². The van der Waals surface area contributed by atoms with Crippen molar-refractivity contribution in [2.75, 3.05) is 26.2 Å². The van der Waals surface area contributed by atoms with E-state index in [1.807, 2.05) is 4.90 Å². The number of piperidine rings is 2. The van der Waals surface area contributed by atoms with Crippen molar-refractivity contribution in [3.8, 4) is 0 Å². The van der Waals surface area contributed by atoms with Crippen LogP contribution in [0.2, 0.25) is 5.02 Å². The Labute approximate surface area is 195 Å². The molecule has 0 spiro atoms. The summed E-state index contributed by atoms with van der Waals surface area (Å²) in [4.78, 5) is 45.8. The number of nitrogens with one attached hydrogen (secondary N) is 1. The van der Waals surface area contributed by atoms with E-state index in [4.69, 9.17) is 17.3 Å². The molecule has 3 aromatic rings.